The van der Waals surface area contributed by atoms with E-state index < -0.39 is 15.9 Å². The van der Waals surface area contributed by atoms with Gasteiger partial charge in [0, 0.05) is 18.7 Å². The van der Waals surface area contributed by atoms with Gasteiger partial charge in [-0.05, 0) is 25.1 Å². The fraction of sp³-hybridized carbons (Fsp3) is 0.286. The van der Waals surface area contributed by atoms with Gasteiger partial charge in [0.1, 0.15) is 12.3 Å². The molecule has 0 bridgehead atoms. The van der Waals surface area contributed by atoms with Gasteiger partial charge < -0.3 is 14.2 Å². The van der Waals surface area contributed by atoms with Crippen molar-refractivity contribution in [3.8, 4) is 17.1 Å². The lowest BCUT2D eigenvalue weighted by Gasteiger charge is -2.24. The third kappa shape index (κ3) is 5.60. The molecule has 3 aromatic rings. The summed E-state index contributed by atoms with van der Waals surface area (Å²) >= 11 is 0. The molecule has 0 saturated carbocycles. The molecule has 0 N–H and O–H groups in total. The van der Waals surface area contributed by atoms with Crippen molar-refractivity contribution in [2.75, 3.05) is 31.3 Å². The summed E-state index contributed by atoms with van der Waals surface area (Å²) in [5, 5.41) is 3.96. The fourth-order valence-corrected chi connectivity index (χ4v) is 3.76. The molecule has 0 spiro atoms. The summed E-state index contributed by atoms with van der Waals surface area (Å²) in [4.78, 5) is 18.4. The average Bonchev–Trinajstić information content (AvgIpc) is 3.19. The van der Waals surface area contributed by atoms with Gasteiger partial charge in [-0.2, -0.15) is 4.98 Å². The Hall–Kier alpha value is -3.40. The molecule has 1 heterocycles. The molecule has 0 aliphatic rings. The lowest BCUT2D eigenvalue weighted by molar-refractivity contribution is -0.129. The summed E-state index contributed by atoms with van der Waals surface area (Å²) in [6.45, 7) is 1.64. The van der Waals surface area contributed by atoms with Gasteiger partial charge in [-0.25, -0.2) is 8.42 Å². The monoisotopic (exact) mass is 444 g/mol. The molecule has 3 rings (SSSR count). The van der Waals surface area contributed by atoms with Crippen LogP contribution in [0.1, 0.15) is 11.5 Å². The minimum Gasteiger partial charge on any atom is -0.497 e. The van der Waals surface area contributed by atoms with E-state index in [1.165, 1.54) is 12.0 Å². The Balaban J connectivity index is 1.73. The highest BCUT2D eigenvalue weighted by Crippen LogP contribution is 2.23. The lowest BCUT2D eigenvalue weighted by Crippen LogP contribution is -2.41. The smallest absolute Gasteiger partial charge is 0.246 e. The molecule has 1 aromatic heterocycles. The highest BCUT2D eigenvalue weighted by Gasteiger charge is 2.24. The summed E-state index contributed by atoms with van der Waals surface area (Å²) in [5.41, 5.74) is 2.21. The summed E-state index contributed by atoms with van der Waals surface area (Å²) in [6, 6.07) is 14.2. The van der Waals surface area contributed by atoms with Gasteiger partial charge in [0.05, 0.1) is 25.6 Å². The van der Waals surface area contributed by atoms with Crippen molar-refractivity contribution in [1.29, 1.82) is 0 Å². The number of benzene rings is 2. The van der Waals surface area contributed by atoms with E-state index in [0.29, 0.717) is 17.3 Å². The minimum absolute atomic E-state index is 0.0490. The number of nitrogens with zero attached hydrogens (tertiary/aromatic N) is 4. The first-order chi connectivity index (χ1) is 14.7. The Kier molecular flexibility index (Phi) is 6.59. The van der Waals surface area contributed by atoms with Crippen LogP contribution >= 0.6 is 0 Å². The molecule has 0 saturated heterocycles. The summed E-state index contributed by atoms with van der Waals surface area (Å²) < 4.78 is 36.1. The predicted molar refractivity (Wildman–Crippen MR) is 116 cm³/mol. The fourth-order valence-electron chi connectivity index (χ4n) is 2.92. The van der Waals surface area contributed by atoms with Crippen molar-refractivity contribution in [1.82, 2.24) is 15.0 Å². The molecule has 0 aliphatic heterocycles. The average molecular weight is 445 g/mol. The predicted octanol–water partition coefficient (Wildman–Crippen LogP) is 2.48. The second-order valence-electron chi connectivity index (χ2n) is 7.10. The molecule has 10 heteroatoms. The van der Waals surface area contributed by atoms with Gasteiger partial charge in [0.15, 0.2) is 0 Å². The number of methoxy groups -OCH3 is 1. The van der Waals surface area contributed by atoms with E-state index >= 15 is 0 Å². The minimum atomic E-state index is -3.70. The number of aryl methyl sites for hydroxylation is 1. The SMILES string of the molecule is COc1cccc(N(CC(=O)N(C)Cc2nc(-c3cccc(C)c3)no2)S(C)(=O)=O)c1. The summed E-state index contributed by atoms with van der Waals surface area (Å²) in [6.07, 6.45) is 1.05. The number of ether oxygens (including phenoxy) is 1. The Bertz CT molecular complexity index is 1180. The molecule has 0 unspecified atom stereocenters. The zero-order valence-electron chi connectivity index (χ0n) is 17.8. The van der Waals surface area contributed by atoms with Crippen molar-refractivity contribution in [3.63, 3.8) is 0 Å². The molecule has 0 aliphatic carbocycles. The van der Waals surface area contributed by atoms with Crippen LogP contribution in [0.3, 0.4) is 0 Å². The molecular formula is C21H24N4O5S. The molecule has 31 heavy (non-hydrogen) atoms. The zero-order valence-corrected chi connectivity index (χ0v) is 18.6. The number of aromatic nitrogens is 2. The number of carbonyl (C=O) groups is 1. The molecule has 2 aromatic carbocycles. The Morgan fingerprint density at radius 3 is 2.58 bits per heavy atom. The molecule has 0 fully saturated rings. The first-order valence-corrected chi connectivity index (χ1v) is 11.3. The van der Waals surface area contributed by atoms with Crippen molar-refractivity contribution >= 4 is 21.6 Å². The van der Waals surface area contributed by atoms with E-state index in [1.54, 1.807) is 31.3 Å². The van der Waals surface area contributed by atoms with Gasteiger partial charge in [-0.1, -0.05) is 35.0 Å². The maximum absolute atomic E-state index is 12.8. The lowest BCUT2D eigenvalue weighted by atomic mass is 10.1. The zero-order chi connectivity index (χ0) is 22.6. The van der Waals surface area contributed by atoms with E-state index in [9.17, 15) is 13.2 Å². The van der Waals surface area contributed by atoms with Crippen LogP contribution in [0.15, 0.2) is 53.1 Å². The number of amides is 1. The van der Waals surface area contributed by atoms with E-state index in [2.05, 4.69) is 10.1 Å². The Labute approximate surface area is 181 Å². The molecular weight excluding hydrogens is 420 g/mol. The van der Waals surface area contributed by atoms with E-state index in [4.69, 9.17) is 9.26 Å². The molecule has 1 amide bonds. The van der Waals surface area contributed by atoms with Crippen molar-refractivity contribution in [2.24, 2.45) is 0 Å². The topological polar surface area (TPSA) is 106 Å². The van der Waals surface area contributed by atoms with Crippen molar-refractivity contribution in [2.45, 2.75) is 13.5 Å². The van der Waals surface area contributed by atoms with Crippen molar-refractivity contribution in [3.05, 3.63) is 60.0 Å². The number of anilines is 1. The Morgan fingerprint density at radius 2 is 1.90 bits per heavy atom. The molecule has 164 valence electrons. The third-order valence-electron chi connectivity index (χ3n) is 4.56. The maximum atomic E-state index is 12.8. The number of rotatable bonds is 8. The van der Waals surface area contributed by atoms with Crippen LogP contribution in [0, 0.1) is 6.92 Å². The van der Waals surface area contributed by atoms with Gasteiger partial charge >= 0.3 is 0 Å². The van der Waals surface area contributed by atoms with Crippen LogP contribution in [0.25, 0.3) is 11.4 Å². The number of sulfonamides is 1. The number of likely N-dealkylation sites (N-methyl/N-ethyl adjacent to an activating group) is 1. The van der Waals surface area contributed by atoms with E-state index in [-0.39, 0.29) is 19.0 Å². The van der Waals surface area contributed by atoms with Gasteiger partial charge in [0.25, 0.3) is 0 Å². The van der Waals surface area contributed by atoms with Crippen molar-refractivity contribution < 1.29 is 22.5 Å². The highest BCUT2D eigenvalue weighted by atomic mass is 32.2. The van der Waals surface area contributed by atoms with Gasteiger partial charge in [-0.15, -0.1) is 0 Å². The summed E-state index contributed by atoms with van der Waals surface area (Å²) in [5.74, 6) is 0.735. The van der Waals surface area contributed by atoms with Crippen LogP contribution in [-0.4, -0.2) is 56.3 Å². The van der Waals surface area contributed by atoms with E-state index in [1.807, 2.05) is 31.2 Å². The van der Waals surface area contributed by atoms with Crippen LogP contribution in [-0.2, 0) is 21.4 Å². The first-order valence-electron chi connectivity index (χ1n) is 9.42. The Morgan fingerprint density at radius 1 is 1.16 bits per heavy atom. The highest BCUT2D eigenvalue weighted by molar-refractivity contribution is 7.92. The third-order valence-corrected chi connectivity index (χ3v) is 5.70. The van der Waals surface area contributed by atoms with Crippen LogP contribution in [0.2, 0.25) is 0 Å². The second kappa shape index (κ2) is 9.17. The molecule has 0 radical (unpaired) electrons. The standard InChI is InChI=1S/C21H24N4O5S/c1-15-7-5-8-16(11-15)21-22-19(30-23-21)13-24(2)20(26)14-25(31(4,27)28)17-9-6-10-18(12-17)29-3/h5-12H,13-14H2,1-4H3. The van der Waals surface area contributed by atoms with Gasteiger partial charge in [-0.3, -0.25) is 9.10 Å². The van der Waals surface area contributed by atoms with E-state index in [0.717, 1.165) is 21.7 Å². The summed E-state index contributed by atoms with van der Waals surface area (Å²) in [7, 11) is -0.671. The van der Waals surface area contributed by atoms with Gasteiger partial charge in [0.2, 0.25) is 27.6 Å². The largest absolute Gasteiger partial charge is 0.497 e. The molecule has 0 atom stereocenters. The van der Waals surface area contributed by atoms with Crippen LogP contribution in [0.5, 0.6) is 5.75 Å². The van der Waals surface area contributed by atoms with Crippen LogP contribution in [0.4, 0.5) is 5.69 Å². The first kappa shape index (κ1) is 22.3. The normalized spacial score (nSPS) is 11.2. The number of hydrogen-bond donors (Lipinski definition) is 0. The quantitative estimate of drug-likeness (QED) is 0.525. The maximum Gasteiger partial charge on any atom is 0.246 e. The number of carbonyl (C=O) groups excluding carboxylic acids is 1. The van der Waals surface area contributed by atoms with Crippen LogP contribution < -0.4 is 9.04 Å². The second-order valence-corrected chi connectivity index (χ2v) is 9.01. The molecule has 9 nitrogen and oxygen atoms in total. The number of hydrogen-bond acceptors (Lipinski definition) is 7.